The van der Waals surface area contributed by atoms with Crippen LogP contribution in [0.25, 0.3) is 0 Å². The van der Waals surface area contributed by atoms with Crippen molar-refractivity contribution in [2.75, 3.05) is 6.54 Å². The lowest BCUT2D eigenvalue weighted by atomic mass is 10.0. The molecule has 1 aromatic heterocycles. The molecule has 3 rings (SSSR count). The molecule has 0 saturated carbocycles. The van der Waals surface area contributed by atoms with E-state index in [4.69, 9.17) is 11.6 Å². The van der Waals surface area contributed by atoms with Crippen molar-refractivity contribution < 1.29 is 23.1 Å². The highest BCUT2D eigenvalue weighted by Gasteiger charge is 2.29. The number of nitrogens with zero attached hydrogens (tertiary/aromatic N) is 1. The lowest BCUT2D eigenvalue weighted by Gasteiger charge is -2.21. The fraction of sp³-hybridized carbons (Fsp3) is 0.235. The average Bonchev–Trinajstić information content (AvgIpc) is 3.07. The maximum Gasteiger partial charge on any atom is 0.388 e. The zero-order valence-corrected chi connectivity index (χ0v) is 14.5. The minimum absolute atomic E-state index is 0.139. The number of alkyl halides is 2. The fourth-order valence-corrected chi connectivity index (χ4v) is 2.71. The number of nitrogens with one attached hydrogen (secondary N) is 3. The Balaban J connectivity index is 1.89. The number of amides is 3. The molecule has 0 aliphatic carbocycles. The molecule has 0 radical (unpaired) electrons. The molecule has 3 N–H and O–H groups in total. The number of carbonyl (C=O) groups is 2. The highest BCUT2D eigenvalue weighted by molar-refractivity contribution is 6.30. The van der Waals surface area contributed by atoms with Crippen LogP contribution < -0.4 is 20.7 Å². The van der Waals surface area contributed by atoms with Crippen LogP contribution in [0.15, 0.2) is 42.5 Å². The number of hydrogen-bond acceptors (Lipinski definition) is 4. The summed E-state index contributed by atoms with van der Waals surface area (Å²) in [5.74, 6) is -0.721. The van der Waals surface area contributed by atoms with Gasteiger partial charge in [-0.15, -0.1) is 0 Å². The SMILES string of the molecule is O=C1NCC(C(=O)N[C@@H](c2ccc(Cl)cc2)c2cccc(OC(F)F)n2)N1. The van der Waals surface area contributed by atoms with Crippen LogP contribution in [0.3, 0.4) is 0 Å². The van der Waals surface area contributed by atoms with E-state index in [9.17, 15) is 18.4 Å². The van der Waals surface area contributed by atoms with Crippen LogP contribution in [0.2, 0.25) is 5.02 Å². The van der Waals surface area contributed by atoms with E-state index in [0.29, 0.717) is 16.3 Å². The number of carbonyl (C=O) groups excluding carboxylic acids is 2. The van der Waals surface area contributed by atoms with E-state index in [0.717, 1.165) is 0 Å². The average molecular weight is 397 g/mol. The van der Waals surface area contributed by atoms with Gasteiger partial charge in [0.1, 0.15) is 6.04 Å². The number of pyridine rings is 1. The summed E-state index contributed by atoms with van der Waals surface area (Å²) >= 11 is 5.91. The molecule has 2 atom stereocenters. The van der Waals surface area contributed by atoms with Crippen molar-refractivity contribution in [2.24, 2.45) is 0 Å². The third-order valence-electron chi connectivity index (χ3n) is 3.83. The number of ether oxygens (including phenoxy) is 1. The van der Waals surface area contributed by atoms with E-state index in [1.54, 1.807) is 30.3 Å². The molecule has 1 saturated heterocycles. The van der Waals surface area contributed by atoms with Gasteiger partial charge >= 0.3 is 12.6 Å². The summed E-state index contributed by atoms with van der Waals surface area (Å²) in [5.41, 5.74) is 0.924. The number of benzene rings is 1. The van der Waals surface area contributed by atoms with Crippen molar-refractivity contribution in [3.05, 3.63) is 58.7 Å². The third kappa shape index (κ3) is 4.82. The van der Waals surface area contributed by atoms with Gasteiger partial charge in [0.05, 0.1) is 11.7 Å². The van der Waals surface area contributed by atoms with Crippen LogP contribution in [-0.4, -0.2) is 36.1 Å². The van der Waals surface area contributed by atoms with E-state index < -0.39 is 30.6 Å². The third-order valence-corrected chi connectivity index (χ3v) is 4.08. The predicted octanol–water partition coefficient (Wildman–Crippen LogP) is 2.22. The molecule has 0 bridgehead atoms. The maximum absolute atomic E-state index is 12.5. The largest absolute Gasteiger partial charge is 0.417 e. The molecule has 10 heteroatoms. The second-order valence-corrected chi connectivity index (χ2v) is 6.12. The molecule has 1 aromatic carbocycles. The van der Waals surface area contributed by atoms with Crippen molar-refractivity contribution in [3.8, 4) is 5.88 Å². The highest BCUT2D eigenvalue weighted by atomic mass is 35.5. The molecule has 3 amide bonds. The van der Waals surface area contributed by atoms with E-state index in [1.165, 1.54) is 12.1 Å². The summed E-state index contributed by atoms with van der Waals surface area (Å²) in [4.78, 5) is 27.8. The molecule has 2 aromatic rings. The molecular formula is C17H15ClF2N4O3. The molecule has 1 aliphatic heterocycles. The van der Waals surface area contributed by atoms with Gasteiger partial charge < -0.3 is 20.7 Å². The zero-order valence-electron chi connectivity index (χ0n) is 13.8. The van der Waals surface area contributed by atoms with Gasteiger partial charge in [0.15, 0.2) is 0 Å². The van der Waals surface area contributed by atoms with Gasteiger partial charge in [-0.05, 0) is 23.8 Å². The predicted molar refractivity (Wildman–Crippen MR) is 92.6 cm³/mol. The molecule has 142 valence electrons. The molecule has 2 heterocycles. The Bertz CT molecular complexity index is 835. The van der Waals surface area contributed by atoms with E-state index in [-0.39, 0.29) is 12.4 Å². The lowest BCUT2D eigenvalue weighted by molar-refractivity contribution is -0.123. The number of halogens is 3. The number of aromatic nitrogens is 1. The van der Waals surface area contributed by atoms with Gasteiger partial charge in [0.2, 0.25) is 11.8 Å². The quantitative estimate of drug-likeness (QED) is 0.698. The second kappa shape index (κ2) is 8.17. The number of urea groups is 1. The second-order valence-electron chi connectivity index (χ2n) is 5.68. The van der Waals surface area contributed by atoms with Crippen molar-refractivity contribution in [1.82, 2.24) is 20.9 Å². The Labute approximate surface area is 158 Å². The van der Waals surface area contributed by atoms with Crippen LogP contribution in [-0.2, 0) is 4.79 Å². The summed E-state index contributed by atoms with van der Waals surface area (Å²) in [5, 5.41) is 8.24. The summed E-state index contributed by atoms with van der Waals surface area (Å²) in [7, 11) is 0. The highest BCUT2D eigenvalue weighted by Crippen LogP contribution is 2.24. The Kier molecular flexibility index (Phi) is 5.70. The van der Waals surface area contributed by atoms with Crippen LogP contribution in [0.4, 0.5) is 13.6 Å². The smallest absolute Gasteiger partial charge is 0.388 e. The van der Waals surface area contributed by atoms with Crippen LogP contribution in [0.1, 0.15) is 17.3 Å². The standard InChI is InChI=1S/C17H15ClF2N4O3/c18-10-6-4-9(5-7-10)14(24-15(25)12-8-21-17(26)23-12)11-2-1-3-13(22-11)27-16(19)20/h1-7,12,14,16H,8H2,(H,24,25)(H2,21,23,26)/t12?,14-/m0/s1. The van der Waals surface area contributed by atoms with E-state index in [2.05, 4.69) is 25.7 Å². The fourth-order valence-electron chi connectivity index (χ4n) is 2.59. The van der Waals surface area contributed by atoms with Crippen molar-refractivity contribution in [2.45, 2.75) is 18.7 Å². The molecule has 7 nitrogen and oxygen atoms in total. The minimum atomic E-state index is -3.02. The number of rotatable bonds is 6. The van der Waals surface area contributed by atoms with Gasteiger partial charge in [-0.1, -0.05) is 29.8 Å². The van der Waals surface area contributed by atoms with E-state index >= 15 is 0 Å². The Morgan fingerprint density at radius 3 is 2.63 bits per heavy atom. The van der Waals surface area contributed by atoms with Gasteiger partial charge in [-0.25, -0.2) is 9.78 Å². The monoisotopic (exact) mass is 396 g/mol. The lowest BCUT2D eigenvalue weighted by Crippen LogP contribution is -2.44. The van der Waals surface area contributed by atoms with Gasteiger partial charge in [0.25, 0.3) is 0 Å². The molecule has 0 spiro atoms. The molecule has 1 aliphatic rings. The minimum Gasteiger partial charge on any atom is -0.417 e. The molecular weight excluding hydrogens is 382 g/mol. The van der Waals surface area contributed by atoms with Gasteiger partial charge in [-0.3, -0.25) is 4.79 Å². The van der Waals surface area contributed by atoms with Crippen LogP contribution in [0, 0.1) is 0 Å². The van der Waals surface area contributed by atoms with Crippen LogP contribution >= 0.6 is 11.6 Å². The Morgan fingerprint density at radius 2 is 2.00 bits per heavy atom. The van der Waals surface area contributed by atoms with E-state index in [1.807, 2.05) is 0 Å². The molecule has 27 heavy (non-hydrogen) atoms. The Hall–Kier alpha value is -2.94. The van der Waals surface area contributed by atoms with Gasteiger partial charge in [0, 0.05) is 17.6 Å². The summed E-state index contributed by atoms with van der Waals surface area (Å²) in [6.07, 6.45) is 0. The molecule has 1 unspecified atom stereocenters. The summed E-state index contributed by atoms with van der Waals surface area (Å²) in [6.45, 7) is -2.88. The normalized spacial score (nSPS) is 17.2. The first kappa shape index (κ1) is 18.8. The van der Waals surface area contributed by atoms with Crippen LogP contribution in [0.5, 0.6) is 5.88 Å². The van der Waals surface area contributed by atoms with Crippen molar-refractivity contribution in [3.63, 3.8) is 0 Å². The molecule has 1 fully saturated rings. The van der Waals surface area contributed by atoms with Crippen molar-refractivity contribution >= 4 is 23.5 Å². The summed E-state index contributed by atoms with van der Waals surface area (Å²) in [6, 6.07) is 9.03. The first-order valence-electron chi connectivity index (χ1n) is 7.94. The van der Waals surface area contributed by atoms with Gasteiger partial charge in [-0.2, -0.15) is 8.78 Å². The van der Waals surface area contributed by atoms with Crippen molar-refractivity contribution in [1.29, 1.82) is 0 Å². The topological polar surface area (TPSA) is 92.4 Å². The Morgan fingerprint density at radius 1 is 1.26 bits per heavy atom. The zero-order chi connectivity index (χ0) is 19.4. The number of hydrogen-bond donors (Lipinski definition) is 3. The first-order valence-corrected chi connectivity index (χ1v) is 8.32. The summed E-state index contributed by atoms with van der Waals surface area (Å²) < 4.78 is 29.3. The maximum atomic E-state index is 12.5. The first-order chi connectivity index (χ1) is 12.9.